The summed E-state index contributed by atoms with van der Waals surface area (Å²) in [6, 6.07) is 5.13. The molecule has 0 unspecified atom stereocenters. The predicted molar refractivity (Wildman–Crippen MR) is 84.5 cm³/mol. The monoisotopic (exact) mass is 373 g/mol. The molecule has 0 aromatic heterocycles. The maximum absolute atomic E-state index is 10.7. The summed E-state index contributed by atoms with van der Waals surface area (Å²) in [5.41, 5.74) is 2.57. The molecule has 0 bridgehead atoms. The minimum absolute atomic E-state index is 0.159. The van der Waals surface area contributed by atoms with E-state index in [0.29, 0.717) is 3.57 Å². The van der Waals surface area contributed by atoms with Crippen molar-refractivity contribution in [3.05, 3.63) is 43.5 Å². The second-order valence-electron chi connectivity index (χ2n) is 4.42. The van der Waals surface area contributed by atoms with E-state index in [1.165, 1.54) is 5.57 Å². The molecule has 2 rings (SSSR count). The number of hydrogen-bond donors (Lipinski definition) is 2. The SMILES string of the molecule is O=[N+]([O-])c1ccc(NCCC2=CCNCC2)cc1I. The summed E-state index contributed by atoms with van der Waals surface area (Å²) in [7, 11) is 0. The Morgan fingerprint density at radius 1 is 1.47 bits per heavy atom. The van der Waals surface area contributed by atoms with Gasteiger partial charge in [0.05, 0.1) is 8.49 Å². The van der Waals surface area contributed by atoms with Gasteiger partial charge in [-0.05, 0) is 54.1 Å². The summed E-state index contributed by atoms with van der Waals surface area (Å²) in [5, 5.41) is 17.3. The minimum atomic E-state index is -0.356. The topological polar surface area (TPSA) is 67.2 Å². The lowest BCUT2D eigenvalue weighted by Crippen LogP contribution is -2.21. The zero-order chi connectivity index (χ0) is 13.7. The highest BCUT2D eigenvalue weighted by molar-refractivity contribution is 14.1. The number of nitro groups is 1. The molecule has 19 heavy (non-hydrogen) atoms. The first-order valence-electron chi connectivity index (χ1n) is 6.23. The molecule has 1 aliphatic rings. The van der Waals surface area contributed by atoms with E-state index in [9.17, 15) is 10.1 Å². The van der Waals surface area contributed by atoms with Gasteiger partial charge in [0.15, 0.2) is 0 Å². The summed E-state index contributed by atoms with van der Waals surface area (Å²) in [4.78, 5) is 10.4. The van der Waals surface area contributed by atoms with Crippen LogP contribution in [0.3, 0.4) is 0 Å². The fourth-order valence-corrected chi connectivity index (χ4v) is 2.74. The smallest absolute Gasteiger partial charge is 0.282 e. The number of rotatable bonds is 5. The summed E-state index contributed by atoms with van der Waals surface area (Å²) >= 11 is 1.99. The first kappa shape index (κ1) is 14.3. The van der Waals surface area contributed by atoms with E-state index in [0.717, 1.165) is 38.2 Å². The third-order valence-corrected chi connectivity index (χ3v) is 3.94. The van der Waals surface area contributed by atoms with Crippen LogP contribution in [0, 0.1) is 13.7 Å². The molecular weight excluding hydrogens is 357 g/mol. The van der Waals surface area contributed by atoms with Crippen LogP contribution in [0.15, 0.2) is 29.8 Å². The van der Waals surface area contributed by atoms with Gasteiger partial charge in [0.2, 0.25) is 0 Å². The van der Waals surface area contributed by atoms with E-state index in [4.69, 9.17) is 0 Å². The average Bonchev–Trinajstić information content (AvgIpc) is 2.39. The highest BCUT2D eigenvalue weighted by Gasteiger charge is 2.11. The molecule has 6 heteroatoms. The van der Waals surface area contributed by atoms with E-state index in [-0.39, 0.29) is 10.6 Å². The Morgan fingerprint density at radius 2 is 2.32 bits per heavy atom. The molecule has 0 radical (unpaired) electrons. The molecule has 0 atom stereocenters. The van der Waals surface area contributed by atoms with Crippen LogP contribution < -0.4 is 10.6 Å². The molecule has 2 N–H and O–H groups in total. The van der Waals surface area contributed by atoms with Crippen LogP contribution in [0.25, 0.3) is 0 Å². The number of nitrogens with one attached hydrogen (secondary N) is 2. The van der Waals surface area contributed by atoms with Crippen molar-refractivity contribution in [1.29, 1.82) is 0 Å². The maximum Gasteiger partial charge on any atom is 0.282 e. The van der Waals surface area contributed by atoms with Gasteiger partial charge in [-0.25, -0.2) is 0 Å². The summed E-state index contributed by atoms with van der Waals surface area (Å²) < 4.78 is 0.661. The van der Waals surface area contributed by atoms with Gasteiger partial charge in [-0.2, -0.15) is 0 Å². The fourth-order valence-electron chi connectivity index (χ4n) is 2.03. The van der Waals surface area contributed by atoms with Crippen molar-refractivity contribution in [2.75, 3.05) is 25.0 Å². The normalized spacial score (nSPS) is 14.9. The molecule has 1 heterocycles. The highest BCUT2D eigenvalue weighted by atomic mass is 127. The maximum atomic E-state index is 10.7. The third kappa shape index (κ3) is 4.17. The highest BCUT2D eigenvalue weighted by Crippen LogP contribution is 2.24. The van der Waals surface area contributed by atoms with Gasteiger partial charge < -0.3 is 10.6 Å². The average molecular weight is 373 g/mol. The quantitative estimate of drug-likeness (QED) is 0.361. The Morgan fingerprint density at radius 3 is 2.95 bits per heavy atom. The van der Waals surface area contributed by atoms with E-state index < -0.39 is 0 Å². The largest absolute Gasteiger partial charge is 0.385 e. The van der Waals surface area contributed by atoms with E-state index in [2.05, 4.69) is 16.7 Å². The van der Waals surface area contributed by atoms with Crippen molar-refractivity contribution in [2.24, 2.45) is 0 Å². The van der Waals surface area contributed by atoms with Crippen LogP contribution in [0.4, 0.5) is 11.4 Å². The Balaban J connectivity index is 1.87. The zero-order valence-electron chi connectivity index (χ0n) is 10.5. The molecule has 0 aliphatic carbocycles. The number of hydrogen-bond acceptors (Lipinski definition) is 4. The molecule has 0 saturated carbocycles. The third-order valence-electron chi connectivity index (χ3n) is 3.08. The lowest BCUT2D eigenvalue weighted by molar-refractivity contribution is -0.385. The van der Waals surface area contributed by atoms with Crippen LogP contribution in [0.5, 0.6) is 0 Å². The molecular formula is C13H16IN3O2. The van der Waals surface area contributed by atoms with Crippen molar-refractivity contribution < 1.29 is 4.92 Å². The van der Waals surface area contributed by atoms with Gasteiger partial charge in [-0.1, -0.05) is 11.6 Å². The Labute approximate surface area is 125 Å². The van der Waals surface area contributed by atoms with E-state index in [1.807, 2.05) is 28.7 Å². The van der Waals surface area contributed by atoms with Crippen LogP contribution >= 0.6 is 22.6 Å². The summed E-state index contributed by atoms with van der Waals surface area (Å²) in [5.74, 6) is 0. The van der Waals surface area contributed by atoms with Crippen molar-refractivity contribution in [1.82, 2.24) is 5.32 Å². The van der Waals surface area contributed by atoms with Gasteiger partial charge >= 0.3 is 0 Å². The molecule has 0 amide bonds. The first-order valence-corrected chi connectivity index (χ1v) is 7.31. The standard InChI is InChI=1S/C13H16IN3O2/c14-12-9-11(1-2-13(12)17(18)19)16-8-5-10-3-6-15-7-4-10/h1-3,9,15-16H,4-8H2. The van der Waals surface area contributed by atoms with Crippen molar-refractivity contribution in [3.63, 3.8) is 0 Å². The van der Waals surface area contributed by atoms with Crippen LogP contribution in [-0.2, 0) is 0 Å². The van der Waals surface area contributed by atoms with Crippen LogP contribution in [0.2, 0.25) is 0 Å². The second kappa shape index (κ2) is 6.85. The van der Waals surface area contributed by atoms with Gasteiger partial charge in [0.1, 0.15) is 0 Å². The molecule has 0 spiro atoms. The number of halogens is 1. The summed E-state index contributed by atoms with van der Waals surface area (Å²) in [6.07, 6.45) is 4.37. The molecule has 1 aliphatic heterocycles. The van der Waals surface area contributed by atoms with Gasteiger partial charge in [-0.3, -0.25) is 10.1 Å². The van der Waals surface area contributed by atoms with Gasteiger partial charge in [0, 0.05) is 24.8 Å². The fraction of sp³-hybridized carbons (Fsp3) is 0.385. The van der Waals surface area contributed by atoms with Gasteiger partial charge in [-0.15, -0.1) is 0 Å². The van der Waals surface area contributed by atoms with Crippen molar-refractivity contribution in [3.8, 4) is 0 Å². The molecule has 0 fully saturated rings. The lowest BCUT2D eigenvalue weighted by atomic mass is 10.1. The number of nitrogens with zero attached hydrogens (tertiary/aromatic N) is 1. The summed E-state index contributed by atoms with van der Waals surface area (Å²) in [6.45, 7) is 2.88. The first-order chi connectivity index (χ1) is 9.16. The molecule has 102 valence electrons. The Bertz CT molecular complexity index is 503. The number of anilines is 1. The van der Waals surface area contributed by atoms with E-state index >= 15 is 0 Å². The molecule has 0 saturated heterocycles. The van der Waals surface area contributed by atoms with Crippen molar-refractivity contribution >= 4 is 34.0 Å². The predicted octanol–water partition coefficient (Wildman–Crippen LogP) is 2.92. The molecule has 1 aromatic rings. The number of nitro benzene ring substituents is 1. The minimum Gasteiger partial charge on any atom is -0.385 e. The second-order valence-corrected chi connectivity index (χ2v) is 5.58. The van der Waals surface area contributed by atoms with Crippen LogP contribution in [-0.4, -0.2) is 24.6 Å². The zero-order valence-corrected chi connectivity index (χ0v) is 12.6. The van der Waals surface area contributed by atoms with Crippen LogP contribution in [0.1, 0.15) is 12.8 Å². The lowest BCUT2D eigenvalue weighted by Gasteiger charge is -2.14. The van der Waals surface area contributed by atoms with E-state index in [1.54, 1.807) is 12.1 Å². The molecule has 1 aromatic carbocycles. The Hall–Kier alpha value is -1.15. The van der Waals surface area contributed by atoms with Gasteiger partial charge in [0.25, 0.3) is 5.69 Å². The Kier molecular flexibility index (Phi) is 5.15. The molecule has 5 nitrogen and oxygen atoms in total. The number of benzene rings is 1. The van der Waals surface area contributed by atoms with Crippen molar-refractivity contribution in [2.45, 2.75) is 12.8 Å².